The summed E-state index contributed by atoms with van der Waals surface area (Å²) in [7, 11) is 0. The van der Waals surface area contributed by atoms with Gasteiger partial charge in [-0.25, -0.2) is 0 Å². The van der Waals surface area contributed by atoms with Crippen LogP contribution < -0.4 is 0 Å². The van der Waals surface area contributed by atoms with Crippen molar-refractivity contribution in [3.05, 3.63) is 319 Å². The molecule has 11 aromatic carbocycles. The van der Waals surface area contributed by atoms with Gasteiger partial charge in [0.15, 0.2) is 0 Å². The summed E-state index contributed by atoms with van der Waals surface area (Å²) in [6.07, 6.45) is 0. The van der Waals surface area contributed by atoms with E-state index in [1.165, 1.54) is 121 Å². The molecule has 457 valence electrons. The molecule has 83 heavy (non-hydrogen) atoms. The number of fused-ring (bicyclic) bond motifs is 4. The Morgan fingerprint density at radius 1 is 0.169 bits per heavy atom. The molecule has 0 aromatic heterocycles. The van der Waals surface area contributed by atoms with E-state index < -0.39 is 0 Å². The van der Waals surface area contributed by atoms with Crippen LogP contribution in [-0.4, -0.2) is 0 Å². The van der Waals surface area contributed by atoms with Gasteiger partial charge in [-0.2, -0.15) is 0 Å². The summed E-state index contributed by atoms with van der Waals surface area (Å²) >= 11 is 0. The van der Waals surface area contributed by atoms with E-state index in [1.807, 2.05) is 0 Å². The van der Waals surface area contributed by atoms with E-state index >= 15 is 0 Å². The molecule has 0 heterocycles. The first kappa shape index (κ1) is 91.1. The van der Waals surface area contributed by atoms with Gasteiger partial charge in [-0.3, -0.25) is 0 Å². The van der Waals surface area contributed by atoms with Gasteiger partial charge < -0.3 is 22.3 Å². The summed E-state index contributed by atoms with van der Waals surface area (Å²) < 4.78 is 0. The third kappa shape index (κ3) is 30.6. The third-order valence-electron chi connectivity index (χ3n) is 12.8. The molecule has 0 unspecified atom stereocenters. The second-order valence-corrected chi connectivity index (χ2v) is 19.6. The van der Waals surface area contributed by atoms with Crippen molar-refractivity contribution in [3.63, 3.8) is 0 Å². The van der Waals surface area contributed by atoms with Crippen LogP contribution in [0.25, 0.3) is 43.1 Å². The average molecular weight is 1380 g/mol. The second-order valence-electron chi connectivity index (χ2n) is 19.6. The molecule has 3 heteroatoms. The molecule has 0 saturated carbocycles. The maximum Gasteiger partial charge on any atom is 0 e. The van der Waals surface area contributed by atoms with Gasteiger partial charge >= 0.3 is 0 Å². The maximum absolute atomic E-state index is 2.22. The Bertz CT molecular complexity index is 3200. The Hall–Kier alpha value is -5.67. The van der Waals surface area contributed by atoms with Gasteiger partial charge in [-0.05, 0) is 173 Å². The summed E-state index contributed by atoms with van der Waals surface area (Å²) in [5.74, 6) is 0. The van der Waals surface area contributed by atoms with Gasteiger partial charge in [0.05, 0.1) is 0 Å². The van der Waals surface area contributed by atoms with Crippen molar-refractivity contribution in [2.45, 2.75) is 134 Å². The number of hydrogen-bond donors (Lipinski definition) is 0. The van der Waals surface area contributed by atoms with Crippen molar-refractivity contribution in [3.8, 4) is 0 Å². The maximum atomic E-state index is 2.22. The van der Waals surface area contributed by atoms with E-state index in [2.05, 4.69) is 315 Å². The normalized spacial score (nSPS) is 8.75. The van der Waals surface area contributed by atoms with Crippen LogP contribution in [0.1, 0.15) is 115 Å². The molecular weight excluding hydrogens is 1270 g/mol. The first-order chi connectivity index (χ1) is 34.5. The zero-order valence-corrected chi connectivity index (χ0v) is 54.7. The molecule has 0 saturated heterocycles. The van der Waals surface area contributed by atoms with Crippen LogP contribution in [0.5, 0.6) is 0 Å². The molecule has 0 fully saturated rings. The summed E-state index contributed by atoms with van der Waals surface area (Å²) in [4.78, 5) is 0. The summed E-state index contributed by atoms with van der Waals surface area (Å²) in [6, 6.07) is 77.3. The Morgan fingerprint density at radius 3 is 0.675 bits per heavy atom. The van der Waals surface area contributed by atoms with Crippen LogP contribution in [-0.2, 0) is 58.4 Å². The quantitative estimate of drug-likeness (QED) is 0.105. The standard InChI is InChI=1S/4C12H12.3C8H10.5CH4.3CH3.3Rh/c1-9-3-5-12-8-10(2)4-6-11(12)7-9;1-9-3-5-11-6-4-10(2)8-12(11)7-9;1-9-5-3-8-12-10(2)6-4-7-11(9)12;1-9-7-8-10(2)12-6-4-3-5-11(9)12;1-7-3-5-8(2)6-4-7;1-7-4-3-5-8(2)6-7;1-7-5-3-4-6-8(7)2;;;;;;;;;;;/h4*3-8H,1-2H3;3*3-6H,1-2H3;5*1H4;3*1H3;;;/q;;;;;;;;;;;;3*-1;;;. The number of aryl methyl sites for hydroxylation is 14. The van der Waals surface area contributed by atoms with Crippen molar-refractivity contribution in [2.75, 3.05) is 0 Å². The van der Waals surface area contributed by atoms with Crippen molar-refractivity contribution >= 4 is 43.1 Å². The minimum absolute atomic E-state index is 0. The minimum atomic E-state index is 0. The van der Waals surface area contributed by atoms with E-state index in [0.717, 1.165) is 0 Å². The Kier molecular flexibility index (Phi) is 51.2. The average Bonchev–Trinajstić information content (AvgIpc) is 3.36. The second kappa shape index (κ2) is 46.7. The molecule has 0 nitrogen and oxygen atoms in total. The van der Waals surface area contributed by atoms with Crippen LogP contribution in [0.3, 0.4) is 0 Å². The van der Waals surface area contributed by atoms with E-state index in [4.69, 9.17) is 0 Å². The van der Waals surface area contributed by atoms with Gasteiger partial charge in [0, 0.05) is 58.4 Å². The van der Waals surface area contributed by atoms with Crippen molar-refractivity contribution < 1.29 is 58.4 Å². The fraction of sp³-hybridized carbons (Fsp3) is 0.237. The minimum Gasteiger partial charge on any atom is -0.358 e. The predicted octanol–water partition coefficient (Wildman–Crippen LogP) is 25.3. The predicted molar refractivity (Wildman–Crippen MR) is 374 cm³/mol. The van der Waals surface area contributed by atoms with Crippen LogP contribution in [0.2, 0.25) is 0 Å². The van der Waals surface area contributed by atoms with Crippen LogP contribution in [0.4, 0.5) is 0 Å². The molecule has 0 aliphatic carbocycles. The molecule has 0 N–H and O–H groups in total. The molecular formula is C80H107Rh3-3. The SMILES string of the molecule is C.C.C.C.C.Cc1ccc(C)c2ccccc12.Cc1ccc(C)cc1.Cc1ccc2cc(C)ccc2c1.Cc1ccc2ccc(C)cc2c1.Cc1cccc(C)c1.Cc1cccc2c(C)cccc12.Cc1ccccc1C.[CH3-].[CH3-].[CH3-].[Rh].[Rh].[Rh]. The fourth-order valence-electron chi connectivity index (χ4n) is 8.30. The molecule has 0 bridgehead atoms. The smallest absolute Gasteiger partial charge is 0 e. The van der Waals surface area contributed by atoms with Gasteiger partial charge in [0.2, 0.25) is 0 Å². The monoisotopic (exact) mass is 1380 g/mol. The van der Waals surface area contributed by atoms with E-state index in [-0.39, 0.29) is 118 Å². The van der Waals surface area contributed by atoms with Gasteiger partial charge in [-0.15, -0.1) is 0 Å². The number of hydrogen-bond acceptors (Lipinski definition) is 0. The molecule has 11 aromatic rings. The zero-order valence-electron chi connectivity index (χ0n) is 49.8. The molecule has 0 aliphatic rings. The van der Waals surface area contributed by atoms with Crippen LogP contribution in [0.15, 0.2) is 218 Å². The fourth-order valence-corrected chi connectivity index (χ4v) is 8.30. The molecule has 11 rings (SSSR count). The van der Waals surface area contributed by atoms with E-state index in [0.29, 0.717) is 0 Å². The zero-order chi connectivity index (χ0) is 52.2. The van der Waals surface area contributed by atoms with Crippen molar-refractivity contribution in [1.82, 2.24) is 0 Å². The first-order valence-corrected chi connectivity index (χ1v) is 25.4. The Labute approximate surface area is 549 Å². The topological polar surface area (TPSA) is 0 Å². The summed E-state index contributed by atoms with van der Waals surface area (Å²) in [5, 5.41) is 10.8. The Balaban J connectivity index is -0.000000160. The molecule has 3 radical (unpaired) electrons. The van der Waals surface area contributed by atoms with Gasteiger partial charge in [0.1, 0.15) is 0 Å². The Morgan fingerprint density at radius 2 is 0.386 bits per heavy atom. The summed E-state index contributed by atoms with van der Waals surface area (Å²) in [6.45, 7) is 29.8. The number of benzene rings is 11. The van der Waals surface area contributed by atoms with Gasteiger partial charge in [-0.1, -0.05) is 300 Å². The van der Waals surface area contributed by atoms with Crippen molar-refractivity contribution in [2.24, 2.45) is 0 Å². The first-order valence-electron chi connectivity index (χ1n) is 25.4. The molecule has 0 spiro atoms. The summed E-state index contributed by atoms with van der Waals surface area (Å²) in [5.41, 5.74) is 18.8. The third-order valence-corrected chi connectivity index (χ3v) is 12.8. The largest absolute Gasteiger partial charge is 0.358 e. The van der Waals surface area contributed by atoms with Crippen LogP contribution >= 0.6 is 0 Å². The van der Waals surface area contributed by atoms with E-state index in [1.54, 1.807) is 0 Å². The molecule has 0 aliphatic heterocycles. The van der Waals surface area contributed by atoms with Crippen molar-refractivity contribution in [1.29, 1.82) is 0 Å². The number of rotatable bonds is 0. The molecule has 0 atom stereocenters. The van der Waals surface area contributed by atoms with Gasteiger partial charge in [0.25, 0.3) is 0 Å². The van der Waals surface area contributed by atoms with Crippen LogP contribution in [0, 0.1) is 119 Å². The van der Waals surface area contributed by atoms with E-state index in [9.17, 15) is 0 Å². The molecule has 0 amide bonds.